The number of nitrogens with one attached hydrogen (secondary N) is 2. The van der Waals surface area contributed by atoms with E-state index in [9.17, 15) is 24.0 Å². The summed E-state index contributed by atoms with van der Waals surface area (Å²) in [6, 6.07) is 15.7. The number of benzene rings is 2. The van der Waals surface area contributed by atoms with Crippen molar-refractivity contribution in [3.05, 3.63) is 90.3 Å². The fraction of sp³-hybridized carbons (Fsp3) is 0.471. The van der Waals surface area contributed by atoms with Gasteiger partial charge >= 0.3 is 5.97 Å². The van der Waals surface area contributed by atoms with Gasteiger partial charge in [0.15, 0.2) is 5.54 Å². The van der Waals surface area contributed by atoms with Gasteiger partial charge in [-0.3, -0.25) is 43.9 Å². The van der Waals surface area contributed by atoms with Crippen LogP contribution in [0.25, 0.3) is 33.3 Å². The Morgan fingerprint density at radius 3 is 2.59 bits per heavy atom. The molecule has 6 bridgehead atoms. The van der Waals surface area contributed by atoms with Crippen molar-refractivity contribution in [2.75, 3.05) is 33.4 Å². The van der Waals surface area contributed by atoms with Crippen LogP contribution >= 0.6 is 0 Å². The number of aliphatic imine (C=N–C) groups is 1. The monoisotopic (exact) mass is 898 g/mol. The number of likely N-dealkylation sites (tertiary alicyclic amines) is 1. The normalized spacial score (nSPS) is 23.0. The number of pyridine rings is 1. The van der Waals surface area contributed by atoms with Crippen LogP contribution in [0.4, 0.5) is 0 Å². The highest BCUT2D eigenvalue weighted by atomic mass is 16.5. The number of ether oxygens (including phenoxy) is 2. The van der Waals surface area contributed by atoms with Gasteiger partial charge in [0.25, 0.3) is 11.8 Å². The molecule has 0 radical (unpaired) electrons. The lowest BCUT2D eigenvalue weighted by molar-refractivity contribution is -0.155. The van der Waals surface area contributed by atoms with Gasteiger partial charge in [-0.05, 0) is 91.6 Å². The number of aryl methyl sites for hydroxylation is 1. The molecular weight excluding hydrogens is 837 g/mol. The predicted octanol–water partition coefficient (Wildman–Crippen LogP) is 5.80. The topological polar surface area (TPSA) is 168 Å². The minimum Gasteiger partial charge on any atom is -0.464 e. The third kappa shape index (κ3) is 8.78. The summed E-state index contributed by atoms with van der Waals surface area (Å²) in [5, 5.41) is 5.54. The van der Waals surface area contributed by atoms with E-state index in [1.165, 1.54) is 27.2 Å². The fourth-order valence-electron chi connectivity index (χ4n) is 10.1. The maximum Gasteiger partial charge on any atom is 0.324 e. The smallest absolute Gasteiger partial charge is 0.324 e. The summed E-state index contributed by atoms with van der Waals surface area (Å²) >= 11 is 0. The molecular formula is C51H62N8O7. The highest BCUT2D eigenvalue weighted by Crippen LogP contribution is 2.42. The number of methoxy groups -OCH3 is 1. The van der Waals surface area contributed by atoms with Crippen LogP contribution in [-0.4, -0.2) is 117 Å². The zero-order chi connectivity index (χ0) is 47.1. The van der Waals surface area contributed by atoms with Crippen LogP contribution in [0.2, 0.25) is 0 Å². The van der Waals surface area contributed by atoms with E-state index in [4.69, 9.17) is 14.5 Å². The van der Waals surface area contributed by atoms with E-state index in [1.54, 1.807) is 13.3 Å². The van der Waals surface area contributed by atoms with E-state index in [2.05, 4.69) is 78.0 Å². The lowest BCUT2D eigenvalue weighted by Gasteiger charge is -2.36. The first-order chi connectivity index (χ1) is 31.6. The Hall–Kier alpha value is -6.19. The number of cyclic esters (lactones) is 1. The molecule has 66 heavy (non-hydrogen) atoms. The molecule has 2 aromatic carbocycles. The Morgan fingerprint density at radius 1 is 1.06 bits per heavy atom. The van der Waals surface area contributed by atoms with E-state index < -0.39 is 46.9 Å². The molecule has 1 spiro atoms. The van der Waals surface area contributed by atoms with Gasteiger partial charge in [-0.15, -0.1) is 0 Å². The zero-order valence-electron chi connectivity index (χ0n) is 39.1. The number of fused-ring (bicyclic) bond motifs is 6. The number of hydrazine groups is 1. The van der Waals surface area contributed by atoms with Crippen LogP contribution in [0.3, 0.4) is 0 Å². The molecule has 4 amide bonds. The minimum absolute atomic E-state index is 0.0915. The molecule has 0 aliphatic carbocycles. The van der Waals surface area contributed by atoms with Crippen molar-refractivity contribution in [1.29, 1.82) is 0 Å². The second kappa shape index (κ2) is 18.6. The van der Waals surface area contributed by atoms with Crippen molar-refractivity contribution >= 4 is 46.8 Å². The summed E-state index contributed by atoms with van der Waals surface area (Å²) in [6.45, 7) is 17.2. The summed E-state index contributed by atoms with van der Waals surface area (Å²) in [7, 11) is 1.69. The molecule has 2 aromatic heterocycles. The SMILES string of the molecule is C=CC(=O)N1CCC2(C1)N=CN(C(C(=O)N[C@H]1Cc3cccc(c3)-c3ccc4c(c3)c(c(-c3cccnc3[C@H](C)OC)n4CC)CC(C)(C)COC(=O)[C@@H]3CCCN(N3)C1=O)C(C)C)C2=O. The Balaban J connectivity index is 1.19. The molecule has 0 saturated carbocycles. The zero-order valence-corrected chi connectivity index (χ0v) is 39.1. The van der Waals surface area contributed by atoms with Crippen LogP contribution in [0.1, 0.15) is 83.7 Å². The number of carbonyl (C=O) groups is 5. The Bertz CT molecular complexity index is 2600. The minimum atomic E-state index is -1.19. The number of rotatable bonds is 9. The number of carbonyl (C=O) groups excluding carboxylic acids is 5. The number of aromatic nitrogens is 2. The Morgan fingerprint density at radius 2 is 1.85 bits per heavy atom. The molecule has 4 aromatic rings. The highest BCUT2D eigenvalue weighted by Gasteiger charge is 2.53. The van der Waals surface area contributed by atoms with Gasteiger partial charge in [-0.1, -0.05) is 64.6 Å². The highest BCUT2D eigenvalue weighted by molar-refractivity contribution is 6.05. The summed E-state index contributed by atoms with van der Waals surface area (Å²) in [5.41, 5.74) is 9.21. The first-order valence-corrected chi connectivity index (χ1v) is 23.1. The number of hydrogen-bond donors (Lipinski definition) is 2. The van der Waals surface area contributed by atoms with E-state index in [-0.39, 0.29) is 43.4 Å². The van der Waals surface area contributed by atoms with Crippen molar-refractivity contribution in [2.24, 2.45) is 16.3 Å². The molecule has 15 heteroatoms. The van der Waals surface area contributed by atoms with Crippen molar-refractivity contribution in [1.82, 2.24) is 35.1 Å². The molecule has 5 atom stereocenters. The average Bonchev–Trinajstić information content (AvgIpc) is 3.99. The number of nitrogens with zero attached hydrogens (tertiary/aromatic N) is 6. The fourth-order valence-corrected chi connectivity index (χ4v) is 10.1. The quantitative estimate of drug-likeness (QED) is 0.156. The standard InChI is InChI=1S/C51H62N8O7/c1-9-42(60)56-23-20-51(28-56)49(64)58(30-53-51)44(31(3)4)46(61)54-40-25-33-14-11-15-34(24-33)35-18-19-41-37(26-35)38(45(57(41)10-2)36-16-12-21-52-43(36)32(5)65-8)27-50(6,7)29-66-48(63)39-17-13-22-59(55-39)47(40)62/h9,11-12,14-16,18-19,21,24,26,30-32,39-40,44,55H,1,10,13,17,20,22-23,25,27-29H2,2-8H3,(H,54,61)/t32-,39-,40-,44?,51?/m0/s1. The van der Waals surface area contributed by atoms with Gasteiger partial charge in [0.1, 0.15) is 18.1 Å². The molecule has 8 rings (SSSR count). The van der Waals surface area contributed by atoms with Crippen molar-refractivity contribution in [3.63, 3.8) is 0 Å². The van der Waals surface area contributed by atoms with E-state index in [1.807, 2.05) is 45.0 Å². The van der Waals surface area contributed by atoms with Crippen LogP contribution < -0.4 is 10.7 Å². The third-order valence-corrected chi connectivity index (χ3v) is 13.6. The van der Waals surface area contributed by atoms with Gasteiger partial charge in [0.2, 0.25) is 11.8 Å². The van der Waals surface area contributed by atoms with Gasteiger partial charge < -0.3 is 24.3 Å². The van der Waals surface area contributed by atoms with Crippen LogP contribution in [0.5, 0.6) is 0 Å². The Kier molecular flexibility index (Phi) is 13.1. The molecule has 4 aliphatic rings. The molecule has 2 N–H and O–H groups in total. The largest absolute Gasteiger partial charge is 0.464 e. The van der Waals surface area contributed by atoms with Gasteiger partial charge in [0, 0.05) is 67.7 Å². The van der Waals surface area contributed by atoms with Gasteiger partial charge in [-0.25, -0.2) is 5.43 Å². The van der Waals surface area contributed by atoms with E-state index in [0.717, 1.165) is 50.1 Å². The second-order valence-electron chi connectivity index (χ2n) is 19.2. The summed E-state index contributed by atoms with van der Waals surface area (Å²) in [6.07, 6.45) is 6.19. The van der Waals surface area contributed by atoms with Crippen molar-refractivity contribution in [3.8, 4) is 22.4 Å². The molecule has 15 nitrogen and oxygen atoms in total. The summed E-state index contributed by atoms with van der Waals surface area (Å²) in [4.78, 5) is 82.2. The van der Waals surface area contributed by atoms with Crippen LogP contribution in [-0.2, 0) is 52.8 Å². The lowest BCUT2D eigenvalue weighted by atomic mass is 9.84. The third-order valence-electron chi connectivity index (χ3n) is 13.6. The van der Waals surface area contributed by atoms with Crippen LogP contribution in [0, 0.1) is 11.3 Å². The number of amides is 4. The second-order valence-corrected chi connectivity index (χ2v) is 19.2. The summed E-state index contributed by atoms with van der Waals surface area (Å²) in [5.74, 6) is -2.41. The van der Waals surface area contributed by atoms with Crippen LogP contribution in [0.15, 0.2) is 78.4 Å². The molecule has 2 saturated heterocycles. The van der Waals surface area contributed by atoms with Crippen molar-refractivity contribution < 1.29 is 33.4 Å². The van der Waals surface area contributed by atoms with Gasteiger partial charge in [-0.2, -0.15) is 0 Å². The molecule has 2 fully saturated rings. The van der Waals surface area contributed by atoms with Gasteiger partial charge in [0.05, 0.1) is 37.0 Å². The van der Waals surface area contributed by atoms with Crippen molar-refractivity contribution in [2.45, 2.75) is 110 Å². The molecule has 6 heterocycles. The average molecular weight is 899 g/mol. The molecule has 2 unspecified atom stereocenters. The Labute approximate surface area is 386 Å². The van der Waals surface area contributed by atoms with E-state index >= 15 is 0 Å². The first-order valence-electron chi connectivity index (χ1n) is 23.1. The predicted molar refractivity (Wildman–Crippen MR) is 252 cm³/mol. The first kappa shape index (κ1) is 46.3. The summed E-state index contributed by atoms with van der Waals surface area (Å²) < 4.78 is 14.3. The molecule has 4 aliphatic heterocycles. The maximum absolute atomic E-state index is 14.7. The molecule has 348 valence electrons. The maximum atomic E-state index is 14.7. The lowest BCUT2D eigenvalue weighted by Crippen LogP contribution is -2.62. The van der Waals surface area contributed by atoms with E-state index in [0.29, 0.717) is 45.3 Å². The number of esters is 1. The number of hydrogen-bond acceptors (Lipinski definition) is 10.